The predicted molar refractivity (Wildman–Crippen MR) is 98.9 cm³/mol. The van der Waals surface area contributed by atoms with Gasteiger partial charge in [-0.2, -0.15) is 0 Å². The number of thiazole rings is 2. The maximum Gasteiger partial charge on any atom is 0.250 e. The highest BCUT2D eigenvalue weighted by atomic mass is 35.5. The zero-order chi connectivity index (χ0) is 16.9. The summed E-state index contributed by atoms with van der Waals surface area (Å²) in [6.07, 6.45) is 3.09. The van der Waals surface area contributed by atoms with Crippen LogP contribution in [0.4, 0.5) is 5.13 Å². The van der Waals surface area contributed by atoms with Gasteiger partial charge in [-0.15, -0.1) is 22.7 Å². The van der Waals surface area contributed by atoms with Crippen molar-refractivity contribution in [3.63, 3.8) is 0 Å². The fourth-order valence-corrected chi connectivity index (χ4v) is 3.40. The minimum Gasteiger partial charge on any atom is -0.495 e. The van der Waals surface area contributed by atoms with E-state index >= 15 is 0 Å². The van der Waals surface area contributed by atoms with Gasteiger partial charge in [0.1, 0.15) is 5.75 Å². The largest absolute Gasteiger partial charge is 0.495 e. The number of benzene rings is 1. The van der Waals surface area contributed by atoms with Crippen molar-refractivity contribution in [3.8, 4) is 17.0 Å². The number of aromatic nitrogens is 2. The van der Waals surface area contributed by atoms with Gasteiger partial charge in [0, 0.05) is 22.4 Å². The van der Waals surface area contributed by atoms with E-state index in [0.717, 1.165) is 17.0 Å². The van der Waals surface area contributed by atoms with Crippen LogP contribution in [-0.4, -0.2) is 23.0 Å². The quantitative estimate of drug-likeness (QED) is 0.661. The molecule has 3 aromatic rings. The topological polar surface area (TPSA) is 64.1 Å². The molecule has 0 atom stereocenters. The van der Waals surface area contributed by atoms with Gasteiger partial charge in [-0.25, -0.2) is 9.97 Å². The highest BCUT2D eigenvalue weighted by Gasteiger charge is 2.09. The number of carbonyl (C=O) groups is 1. The Bertz CT molecular complexity index is 875. The highest BCUT2D eigenvalue weighted by Crippen LogP contribution is 2.31. The van der Waals surface area contributed by atoms with Crippen LogP contribution in [0.5, 0.6) is 5.75 Å². The van der Waals surface area contributed by atoms with Crippen molar-refractivity contribution in [3.05, 3.63) is 51.3 Å². The summed E-state index contributed by atoms with van der Waals surface area (Å²) < 4.78 is 5.13. The Labute approximate surface area is 151 Å². The van der Waals surface area contributed by atoms with Crippen LogP contribution in [0.3, 0.4) is 0 Å². The first-order chi connectivity index (χ1) is 11.7. The maximum atomic E-state index is 11.9. The molecular weight excluding hydrogens is 366 g/mol. The van der Waals surface area contributed by atoms with Gasteiger partial charge in [0.25, 0.3) is 0 Å². The average Bonchev–Trinajstić information content (AvgIpc) is 3.24. The van der Waals surface area contributed by atoms with Crippen molar-refractivity contribution >= 4 is 51.4 Å². The number of hydrogen-bond acceptors (Lipinski definition) is 6. The minimum absolute atomic E-state index is 0.253. The van der Waals surface area contributed by atoms with E-state index in [4.69, 9.17) is 16.3 Å². The highest BCUT2D eigenvalue weighted by molar-refractivity contribution is 7.14. The first-order valence-electron chi connectivity index (χ1n) is 6.82. The minimum atomic E-state index is -0.253. The Morgan fingerprint density at radius 1 is 1.38 bits per heavy atom. The number of nitrogens with zero attached hydrogens (tertiary/aromatic N) is 2. The molecule has 0 fully saturated rings. The number of anilines is 1. The van der Waals surface area contributed by atoms with Crippen LogP contribution in [0.1, 0.15) is 5.69 Å². The summed E-state index contributed by atoms with van der Waals surface area (Å²) >= 11 is 8.95. The maximum absolute atomic E-state index is 11.9. The number of methoxy groups -OCH3 is 1. The molecule has 0 spiro atoms. The first kappa shape index (κ1) is 16.6. The van der Waals surface area contributed by atoms with E-state index in [1.165, 1.54) is 28.7 Å². The molecule has 1 N–H and O–H groups in total. The molecule has 2 heterocycles. The lowest BCUT2D eigenvalue weighted by molar-refractivity contribution is -0.111. The summed E-state index contributed by atoms with van der Waals surface area (Å²) in [5, 5.41) is 7.48. The second-order valence-electron chi connectivity index (χ2n) is 4.62. The van der Waals surface area contributed by atoms with Crippen LogP contribution < -0.4 is 10.1 Å². The molecule has 24 heavy (non-hydrogen) atoms. The number of hydrogen-bond donors (Lipinski definition) is 1. The molecule has 0 unspecified atom stereocenters. The van der Waals surface area contributed by atoms with Gasteiger partial charge in [0.05, 0.1) is 29.0 Å². The fourth-order valence-electron chi connectivity index (χ4n) is 1.90. The zero-order valence-corrected chi connectivity index (χ0v) is 14.9. The number of rotatable bonds is 5. The second kappa shape index (κ2) is 7.57. The van der Waals surface area contributed by atoms with Gasteiger partial charge in [-0.3, -0.25) is 10.1 Å². The molecule has 3 rings (SSSR count). The number of amides is 1. The Kier molecular flexibility index (Phi) is 5.24. The van der Waals surface area contributed by atoms with Gasteiger partial charge in [-0.1, -0.05) is 11.6 Å². The van der Waals surface area contributed by atoms with Crippen LogP contribution >= 0.6 is 34.3 Å². The third kappa shape index (κ3) is 4.00. The average molecular weight is 378 g/mol. The SMILES string of the molecule is COc1ccc(-c2csc(NC(=O)/C=C/c3cscn3)n2)cc1Cl. The molecule has 2 aromatic heterocycles. The standard InChI is InChI=1S/C16H12ClN3O2S2/c1-22-14-4-2-10(6-12(14)17)13-8-24-16(19-13)20-15(21)5-3-11-7-23-9-18-11/h2-9H,1H3,(H,19,20,21)/b5-3+. The summed E-state index contributed by atoms with van der Waals surface area (Å²) in [6, 6.07) is 5.43. The van der Waals surface area contributed by atoms with Crippen LogP contribution in [0, 0.1) is 0 Å². The van der Waals surface area contributed by atoms with E-state index in [9.17, 15) is 4.79 Å². The summed E-state index contributed by atoms with van der Waals surface area (Å²) in [5.74, 6) is 0.355. The van der Waals surface area contributed by atoms with Crippen molar-refractivity contribution in [2.45, 2.75) is 0 Å². The molecule has 1 aromatic carbocycles. The summed E-state index contributed by atoms with van der Waals surface area (Å²) in [6.45, 7) is 0. The third-order valence-corrected chi connectivity index (χ3v) is 4.70. The molecular formula is C16H12ClN3O2S2. The lowest BCUT2D eigenvalue weighted by Crippen LogP contribution is -2.07. The van der Waals surface area contributed by atoms with E-state index in [-0.39, 0.29) is 5.91 Å². The van der Waals surface area contributed by atoms with Crippen molar-refractivity contribution < 1.29 is 9.53 Å². The number of ether oxygens (including phenoxy) is 1. The molecule has 122 valence electrons. The molecule has 5 nitrogen and oxygen atoms in total. The second-order valence-corrected chi connectivity index (χ2v) is 6.61. The van der Waals surface area contributed by atoms with Crippen LogP contribution in [0.25, 0.3) is 17.3 Å². The Morgan fingerprint density at radius 3 is 2.96 bits per heavy atom. The molecule has 0 aliphatic heterocycles. The van der Waals surface area contributed by atoms with Crippen LogP contribution in [0.2, 0.25) is 5.02 Å². The molecule has 8 heteroatoms. The van der Waals surface area contributed by atoms with E-state index < -0.39 is 0 Å². The van der Waals surface area contributed by atoms with Crippen molar-refractivity contribution in [2.75, 3.05) is 12.4 Å². The first-order valence-corrected chi connectivity index (χ1v) is 9.02. The fraction of sp³-hybridized carbons (Fsp3) is 0.0625. The lowest BCUT2D eigenvalue weighted by atomic mass is 10.2. The van der Waals surface area contributed by atoms with Gasteiger partial charge in [0.15, 0.2) is 5.13 Å². The molecule has 0 aliphatic carbocycles. The molecule has 1 amide bonds. The Balaban J connectivity index is 1.69. The van der Waals surface area contributed by atoms with E-state index in [2.05, 4.69) is 15.3 Å². The molecule has 0 saturated carbocycles. The molecule has 0 bridgehead atoms. The zero-order valence-electron chi connectivity index (χ0n) is 12.5. The Hall–Kier alpha value is -2.22. The monoisotopic (exact) mass is 377 g/mol. The normalized spacial score (nSPS) is 10.9. The summed E-state index contributed by atoms with van der Waals surface area (Å²) in [5.41, 5.74) is 4.06. The van der Waals surface area contributed by atoms with Crippen molar-refractivity contribution in [1.29, 1.82) is 0 Å². The van der Waals surface area contributed by atoms with Gasteiger partial charge >= 0.3 is 0 Å². The van der Waals surface area contributed by atoms with Crippen LogP contribution in [-0.2, 0) is 4.79 Å². The summed E-state index contributed by atoms with van der Waals surface area (Å²) in [4.78, 5) is 20.4. The van der Waals surface area contributed by atoms with Gasteiger partial charge in [0.2, 0.25) is 5.91 Å². The predicted octanol–water partition coefficient (Wildman–Crippen LogP) is 4.58. The third-order valence-electron chi connectivity index (χ3n) is 3.04. The molecule has 0 aliphatic rings. The van der Waals surface area contributed by atoms with Gasteiger partial charge in [-0.05, 0) is 24.3 Å². The lowest BCUT2D eigenvalue weighted by Gasteiger charge is -2.04. The van der Waals surface area contributed by atoms with Gasteiger partial charge < -0.3 is 4.74 Å². The number of halogens is 1. The Morgan fingerprint density at radius 2 is 2.25 bits per heavy atom. The van der Waals surface area contributed by atoms with Crippen molar-refractivity contribution in [2.24, 2.45) is 0 Å². The van der Waals surface area contributed by atoms with Crippen LogP contribution in [0.15, 0.2) is 40.5 Å². The molecule has 0 saturated heterocycles. The smallest absolute Gasteiger partial charge is 0.250 e. The van der Waals surface area contributed by atoms with E-state index in [1.54, 1.807) is 30.8 Å². The number of carbonyl (C=O) groups excluding carboxylic acids is 1. The molecule has 0 radical (unpaired) electrons. The van der Waals surface area contributed by atoms with Crippen molar-refractivity contribution in [1.82, 2.24) is 9.97 Å². The number of nitrogens with one attached hydrogen (secondary N) is 1. The summed E-state index contributed by atoms with van der Waals surface area (Å²) in [7, 11) is 1.57. The van der Waals surface area contributed by atoms with E-state index in [1.807, 2.05) is 16.8 Å². The van der Waals surface area contributed by atoms with E-state index in [0.29, 0.717) is 15.9 Å².